The van der Waals surface area contributed by atoms with Crippen LogP contribution in [0.2, 0.25) is 0 Å². The molecule has 0 saturated heterocycles. The van der Waals surface area contributed by atoms with E-state index in [-0.39, 0.29) is 6.04 Å². The molecule has 4 heteroatoms. The maximum absolute atomic E-state index is 9.70. The Kier molecular flexibility index (Phi) is 3.67. The first-order chi connectivity index (χ1) is 8.58. The summed E-state index contributed by atoms with van der Waals surface area (Å²) < 4.78 is 1.82. The Balaban J connectivity index is 2.03. The van der Waals surface area contributed by atoms with Crippen molar-refractivity contribution in [1.29, 1.82) is 0 Å². The van der Waals surface area contributed by atoms with Crippen molar-refractivity contribution < 1.29 is 5.11 Å². The standard InChI is InChI=1S/C14H19N3O/c1-10(13-9-17(3)16-11(13)2)15-8-12-6-4-5-7-14(12)18/h4-7,9-10,15,18H,8H2,1-3H3. The summed E-state index contributed by atoms with van der Waals surface area (Å²) in [6, 6.07) is 7.59. The van der Waals surface area contributed by atoms with E-state index < -0.39 is 0 Å². The predicted molar refractivity (Wildman–Crippen MR) is 71.3 cm³/mol. The van der Waals surface area contributed by atoms with Gasteiger partial charge in [-0.3, -0.25) is 4.68 Å². The van der Waals surface area contributed by atoms with Gasteiger partial charge in [-0.25, -0.2) is 0 Å². The number of para-hydroxylation sites is 1. The van der Waals surface area contributed by atoms with Gasteiger partial charge in [-0.2, -0.15) is 5.10 Å². The van der Waals surface area contributed by atoms with Crippen molar-refractivity contribution in [1.82, 2.24) is 15.1 Å². The number of phenols is 1. The highest BCUT2D eigenvalue weighted by atomic mass is 16.3. The van der Waals surface area contributed by atoms with Gasteiger partial charge in [-0.05, 0) is 19.9 Å². The molecule has 1 atom stereocenters. The van der Waals surface area contributed by atoms with E-state index in [4.69, 9.17) is 0 Å². The first-order valence-electron chi connectivity index (χ1n) is 6.08. The Labute approximate surface area is 107 Å². The molecule has 4 nitrogen and oxygen atoms in total. The molecule has 0 aliphatic rings. The number of aryl methyl sites for hydroxylation is 2. The van der Waals surface area contributed by atoms with Crippen LogP contribution in [0.25, 0.3) is 0 Å². The van der Waals surface area contributed by atoms with Gasteiger partial charge in [0.15, 0.2) is 0 Å². The molecule has 18 heavy (non-hydrogen) atoms. The lowest BCUT2D eigenvalue weighted by molar-refractivity contribution is 0.460. The number of aromatic nitrogens is 2. The van der Waals surface area contributed by atoms with Crippen molar-refractivity contribution in [2.24, 2.45) is 7.05 Å². The maximum Gasteiger partial charge on any atom is 0.120 e. The van der Waals surface area contributed by atoms with Gasteiger partial charge in [-0.1, -0.05) is 18.2 Å². The number of aromatic hydroxyl groups is 1. The zero-order valence-corrected chi connectivity index (χ0v) is 11.0. The number of nitrogens with one attached hydrogen (secondary N) is 1. The normalized spacial score (nSPS) is 12.6. The van der Waals surface area contributed by atoms with Crippen LogP contribution in [0.5, 0.6) is 5.75 Å². The molecule has 0 aliphatic carbocycles. The molecular weight excluding hydrogens is 226 g/mol. The van der Waals surface area contributed by atoms with Crippen LogP contribution in [0.1, 0.15) is 29.8 Å². The van der Waals surface area contributed by atoms with Crippen LogP contribution in [0.4, 0.5) is 0 Å². The number of hydrogen-bond acceptors (Lipinski definition) is 3. The van der Waals surface area contributed by atoms with E-state index in [2.05, 4.69) is 17.3 Å². The van der Waals surface area contributed by atoms with Gasteiger partial charge in [0.25, 0.3) is 0 Å². The molecule has 1 unspecified atom stereocenters. The van der Waals surface area contributed by atoms with Crippen LogP contribution in [0.15, 0.2) is 30.5 Å². The number of nitrogens with zero attached hydrogens (tertiary/aromatic N) is 2. The molecule has 2 aromatic rings. The number of phenolic OH excluding ortho intramolecular Hbond substituents is 1. The van der Waals surface area contributed by atoms with Gasteiger partial charge in [0, 0.05) is 37.0 Å². The summed E-state index contributed by atoms with van der Waals surface area (Å²) in [7, 11) is 1.92. The van der Waals surface area contributed by atoms with E-state index in [1.807, 2.05) is 43.0 Å². The van der Waals surface area contributed by atoms with E-state index in [0.717, 1.165) is 11.3 Å². The van der Waals surface area contributed by atoms with Crippen molar-refractivity contribution in [3.05, 3.63) is 47.3 Å². The summed E-state index contributed by atoms with van der Waals surface area (Å²) in [6.07, 6.45) is 2.03. The number of benzene rings is 1. The Morgan fingerprint density at radius 2 is 2.11 bits per heavy atom. The van der Waals surface area contributed by atoms with Crippen molar-refractivity contribution in [3.63, 3.8) is 0 Å². The van der Waals surface area contributed by atoms with Crippen LogP contribution in [-0.2, 0) is 13.6 Å². The Morgan fingerprint density at radius 3 is 2.72 bits per heavy atom. The summed E-state index contributed by atoms with van der Waals surface area (Å²) in [4.78, 5) is 0. The van der Waals surface area contributed by atoms with E-state index in [1.54, 1.807) is 6.07 Å². The highest BCUT2D eigenvalue weighted by molar-refractivity contribution is 5.31. The average molecular weight is 245 g/mol. The number of hydrogen-bond donors (Lipinski definition) is 2. The van der Waals surface area contributed by atoms with Crippen LogP contribution < -0.4 is 5.32 Å². The summed E-state index contributed by atoms with van der Waals surface area (Å²) in [5.41, 5.74) is 3.13. The highest BCUT2D eigenvalue weighted by Crippen LogP contribution is 2.19. The van der Waals surface area contributed by atoms with Gasteiger partial charge in [0.05, 0.1) is 5.69 Å². The summed E-state index contributed by atoms with van der Waals surface area (Å²) in [6.45, 7) is 4.75. The third-order valence-electron chi connectivity index (χ3n) is 3.11. The molecule has 0 saturated carbocycles. The lowest BCUT2D eigenvalue weighted by Crippen LogP contribution is -2.18. The minimum absolute atomic E-state index is 0.207. The quantitative estimate of drug-likeness (QED) is 0.869. The topological polar surface area (TPSA) is 50.1 Å². The molecule has 0 bridgehead atoms. The van der Waals surface area contributed by atoms with Crippen LogP contribution in [0, 0.1) is 6.92 Å². The van der Waals surface area contributed by atoms with E-state index >= 15 is 0 Å². The van der Waals surface area contributed by atoms with Crippen molar-refractivity contribution in [3.8, 4) is 5.75 Å². The molecule has 96 valence electrons. The Morgan fingerprint density at radius 1 is 1.39 bits per heavy atom. The fourth-order valence-electron chi connectivity index (χ4n) is 2.08. The molecule has 1 aromatic carbocycles. The fraction of sp³-hybridized carbons (Fsp3) is 0.357. The minimum Gasteiger partial charge on any atom is -0.508 e. The first-order valence-corrected chi connectivity index (χ1v) is 6.08. The van der Waals surface area contributed by atoms with Crippen LogP contribution >= 0.6 is 0 Å². The SMILES string of the molecule is Cc1nn(C)cc1C(C)NCc1ccccc1O. The molecule has 0 aliphatic heterocycles. The molecule has 2 N–H and O–H groups in total. The molecule has 0 fully saturated rings. The lowest BCUT2D eigenvalue weighted by atomic mass is 10.1. The van der Waals surface area contributed by atoms with Gasteiger partial charge in [0.2, 0.25) is 0 Å². The largest absolute Gasteiger partial charge is 0.508 e. The van der Waals surface area contributed by atoms with Gasteiger partial charge in [-0.15, -0.1) is 0 Å². The zero-order chi connectivity index (χ0) is 13.1. The van der Waals surface area contributed by atoms with E-state index in [1.165, 1.54) is 5.56 Å². The first kappa shape index (κ1) is 12.6. The van der Waals surface area contributed by atoms with Gasteiger partial charge in [0.1, 0.15) is 5.75 Å². The van der Waals surface area contributed by atoms with Gasteiger partial charge < -0.3 is 10.4 Å². The predicted octanol–water partition coefficient (Wildman–Crippen LogP) is 2.28. The molecule has 1 aromatic heterocycles. The second-order valence-corrected chi connectivity index (χ2v) is 4.57. The molecule has 0 amide bonds. The summed E-state index contributed by atoms with van der Waals surface area (Å²) in [5, 5.41) is 17.4. The smallest absolute Gasteiger partial charge is 0.120 e. The minimum atomic E-state index is 0.207. The van der Waals surface area contributed by atoms with Crippen LogP contribution in [0.3, 0.4) is 0 Å². The second-order valence-electron chi connectivity index (χ2n) is 4.57. The lowest BCUT2D eigenvalue weighted by Gasteiger charge is -2.13. The third kappa shape index (κ3) is 2.71. The number of rotatable bonds is 4. The molecular formula is C14H19N3O. The zero-order valence-electron chi connectivity index (χ0n) is 11.0. The Hall–Kier alpha value is -1.81. The highest BCUT2D eigenvalue weighted by Gasteiger charge is 2.11. The summed E-state index contributed by atoms with van der Waals surface area (Å²) >= 11 is 0. The molecule has 0 radical (unpaired) electrons. The van der Waals surface area contributed by atoms with Crippen molar-refractivity contribution >= 4 is 0 Å². The van der Waals surface area contributed by atoms with Crippen molar-refractivity contribution in [2.75, 3.05) is 0 Å². The monoisotopic (exact) mass is 245 g/mol. The summed E-state index contributed by atoms with van der Waals surface area (Å²) in [5.74, 6) is 0.333. The van der Waals surface area contributed by atoms with E-state index in [9.17, 15) is 5.11 Å². The Bertz CT molecular complexity index is 534. The van der Waals surface area contributed by atoms with Gasteiger partial charge >= 0.3 is 0 Å². The molecule has 0 spiro atoms. The maximum atomic E-state index is 9.70. The third-order valence-corrected chi connectivity index (χ3v) is 3.11. The molecule has 1 heterocycles. The van der Waals surface area contributed by atoms with Crippen molar-refractivity contribution in [2.45, 2.75) is 26.4 Å². The second kappa shape index (κ2) is 5.23. The van der Waals surface area contributed by atoms with E-state index in [0.29, 0.717) is 12.3 Å². The molecule has 2 rings (SSSR count). The van der Waals surface area contributed by atoms with Crippen LogP contribution in [-0.4, -0.2) is 14.9 Å². The average Bonchev–Trinajstić information content (AvgIpc) is 2.67. The fourth-order valence-corrected chi connectivity index (χ4v) is 2.08.